The SMILES string of the molecule is COc1cc(N)cc(NCCC(=O)NCC(C)C)c1. The molecule has 0 fully saturated rings. The largest absolute Gasteiger partial charge is 0.497 e. The fraction of sp³-hybridized carbons (Fsp3) is 0.500. The number of carbonyl (C=O) groups is 1. The van der Waals surface area contributed by atoms with Gasteiger partial charge in [-0.05, 0) is 12.0 Å². The van der Waals surface area contributed by atoms with Gasteiger partial charge >= 0.3 is 0 Å². The second-order valence-corrected chi connectivity index (χ2v) is 4.87. The number of ether oxygens (including phenoxy) is 1. The van der Waals surface area contributed by atoms with E-state index < -0.39 is 0 Å². The molecule has 4 N–H and O–H groups in total. The van der Waals surface area contributed by atoms with E-state index in [1.807, 2.05) is 12.1 Å². The molecular weight excluding hydrogens is 242 g/mol. The Hall–Kier alpha value is -1.91. The van der Waals surface area contributed by atoms with E-state index in [0.29, 0.717) is 36.9 Å². The maximum Gasteiger partial charge on any atom is 0.221 e. The zero-order chi connectivity index (χ0) is 14.3. The normalized spacial score (nSPS) is 10.3. The first-order valence-corrected chi connectivity index (χ1v) is 6.46. The summed E-state index contributed by atoms with van der Waals surface area (Å²) >= 11 is 0. The highest BCUT2D eigenvalue weighted by molar-refractivity contribution is 5.76. The molecule has 0 aliphatic rings. The van der Waals surface area contributed by atoms with Crippen LogP contribution in [0.1, 0.15) is 20.3 Å². The van der Waals surface area contributed by atoms with Crippen LogP contribution in [0.5, 0.6) is 5.75 Å². The molecule has 0 saturated carbocycles. The Kier molecular flexibility index (Phi) is 5.99. The lowest BCUT2D eigenvalue weighted by molar-refractivity contribution is -0.120. The van der Waals surface area contributed by atoms with Crippen molar-refractivity contribution in [2.24, 2.45) is 5.92 Å². The first-order chi connectivity index (χ1) is 9.01. The molecule has 5 nitrogen and oxygen atoms in total. The van der Waals surface area contributed by atoms with Crippen molar-refractivity contribution in [1.82, 2.24) is 5.32 Å². The number of nitrogens with one attached hydrogen (secondary N) is 2. The topological polar surface area (TPSA) is 76.4 Å². The highest BCUT2D eigenvalue weighted by atomic mass is 16.5. The van der Waals surface area contributed by atoms with Crippen LogP contribution in [-0.4, -0.2) is 26.1 Å². The highest BCUT2D eigenvalue weighted by Crippen LogP contribution is 2.21. The molecule has 1 aromatic rings. The third kappa shape index (κ3) is 5.99. The number of nitrogens with two attached hydrogens (primary N) is 1. The number of hydrogen-bond acceptors (Lipinski definition) is 4. The monoisotopic (exact) mass is 265 g/mol. The smallest absolute Gasteiger partial charge is 0.221 e. The molecule has 19 heavy (non-hydrogen) atoms. The average Bonchev–Trinajstić information content (AvgIpc) is 2.35. The molecule has 0 aliphatic carbocycles. The molecular formula is C14H23N3O2. The summed E-state index contributed by atoms with van der Waals surface area (Å²) in [5, 5.41) is 6.03. The minimum absolute atomic E-state index is 0.0528. The van der Waals surface area contributed by atoms with Gasteiger partial charge in [-0.2, -0.15) is 0 Å². The van der Waals surface area contributed by atoms with Gasteiger partial charge in [0.15, 0.2) is 0 Å². The molecule has 0 spiro atoms. The van der Waals surface area contributed by atoms with E-state index in [4.69, 9.17) is 10.5 Å². The summed E-state index contributed by atoms with van der Waals surface area (Å²) < 4.78 is 5.13. The van der Waals surface area contributed by atoms with Gasteiger partial charge in [0, 0.05) is 43.0 Å². The summed E-state index contributed by atoms with van der Waals surface area (Å²) in [5.41, 5.74) is 7.23. The Morgan fingerprint density at radius 1 is 1.37 bits per heavy atom. The van der Waals surface area contributed by atoms with E-state index >= 15 is 0 Å². The minimum atomic E-state index is 0.0528. The van der Waals surface area contributed by atoms with Crippen LogP contribution in [0, 0.1) is 5.92 Å². The molecule has 1 rings (SSSR count). The van der Waals surface area contributed by atoms with Crippen LogP contribution in [-0.2, 0) is 4.79 Å². The van der Waals surface area contributed by atoms with Crippen LogP contribution in [0.4, 0.5) is 11.4 Å². The Morgan fingerprint density at radius 2 is 2.11 bits per heavy atom. The van der Waals surface area contributed by atoms with Crippen LogP contribution in [0.25, 0.3) is 0 Å². The molecule has 0 atom stereocenters. The van der Waals surface area contributed by atoms with Gasteiger partial charge in [-0.15, -0.1) is 0 Å². The summed E-state index contributed by atoms with van der Waals surface area (Å²) in [4.78, 5) is 11.5. The predicted molar refractivity (Wildman–Crippen MR) is 78.4 cm³/mol. The number of nitrogen functional groups attached to an aromatic ring is 1. The molecule has 0 aromatic heterocycles. The summed E-state index contributed by atoms with van der Waals surface area (Å²) in [5.74, 6) is 1.22. The van der Waals surface area contributed by atoms with Gasteiger partial charge in [0.1, 0.15) is 5.75 Å². The Bertz CT molecular complexity index is 419. The lowest BCUT2D eigenvalue weighted by Crippen LogP contribution is -2.28. The van der Waals surface area contributed by atoms with Crippen molar-refractivity contribution in [3.05, 3.63) is 18.2 Å². The molecule has 1 amide bonds. The summed E-state index contributed by atoms with van der Waals surface area (Å²) in [6.07, 6.45) is 0.434. The number of carbonyl (C=O) groups excluding carboxylic acids is 1. The fourth-order valence-electron chi connectivity index (χ4n) is 1.57. The Morgan fingerprint density at radius 3 is 2.74 bits per heavy atom. The van der Waals surface area contributed by atoms with E-state index in [2.05, 4.69) is 24.5 Å². The molecule has 0 heterocycles. The standard InChI is InChI=1S/C14H23N3O2/c1-10(2)9-17-14(18)4-5-16-12-6-11(15)7-13(8-12)19-3/h6-8,10,16H,4-5,9,15H2,1-3H3,(H,17,18). The first-order valence-electron chi connectivity index (χ1n) is 6.46. The van der Waals surface area contributed by atoms with Gasteiger partial charge in [0.05, 0.1) is 7.11 Å². The van der Waals surface area contributed by atoms with Gasteiger partial charge in [0.2, 0.25) is 5.91 Å². The molecule has 5 heteroatoms. The summed E-state index contributed by atoms with van der Waals surface area (Å²) in [6.45, 7) is 5.41. The number of benzene rings is 1. The Labute approximate surface area is 114 Å². The van der Waals surface area contributed by atoms with Gasteiger partial charge in [-0.1, -0.05) is 13.8 Å². The molecule has 0 unspecified atom stereocenters. The van der Waals surface area contributed by atoms with E-state index in [1.54, 1.807) is 13.2 Å². The zero-order valence-corrected chi connectivity index (χ0v) is 11.8. The van der Waals surface area contributed by atoms with E-state index in [1.165, 1.54) is 0 Å². The predicted octanol–water partition coefficient (Wildman–Crippen LogP) is 1.85. The van der Waals surface area contributed by atoms with Gasteiger partial charge < -0.3 is 21.1 Å². The van der Waals surface area contributed by atoms with Crippen LogP contribution in [0.2, 0.25) is 0 Å². The molecule has 0 saturated heterocycles. The third-order valence-corrected chi connectivity index (χ3v) is 2.55. The molecule has 0 aliphatic heterocycles. The van der Waals surface area contributed by atoms with Crippen molar-refractivity contribution < 1.29 is 9.53 Å². The van der Waals surface area contributed by atoms with Crippen molar-refractivity contribution in [3.8, 4) is 5.75 Å². The minimum Gasteiger partial charge on any atom is -0.497 e. The zero-order valence-electron chi connectivity index (χ0n) is 11.8. The average molecular weight is 265 g/mol. The highest BCUT2D eigenvalue weighted by Gasteiger charge is 2.03. The summed E-state index contributed by atoms with van der Waals surface area (Å²) in [7, 11) is 1.60. The Balaban J connectivity index is 2.36. The summed E-state index contributed by atoms with van der Waals surface area (Å²) in [6, 6.07) is 5.41. The van der Waals surface area contributed by atoms with Crippen LogP contribution < -0.4 is 21.1 Å². The van der Waals surface area contributed by atoms with E-state index in [0.717, 1.165) is 5.69 Å². The van der Waals surface area contributed by atoms with Gasteiger partial charge in [-0.25, -0.2) is 0 Å². The maximum atomic E-state index is 11.5. The van der Waals surface area contributed by atoms with Crippen LogP contribution in [0.15, 0.2) is 18.2 Å². The second-order valence-electron chi connectivity index (χ2n) is 4.87. The van der Waals surface area contributed by atoms with Gasteiger partial charge in [0.25, 0.3) is 0 Å². The van der Waals surface area contributed by atoms with Crippen molar-refractivity contribution in [1.29, 1.82) is 0 Å². The van der Waals surface area contributed by atoms with Crippen molar-refractivity contribution >= 4 is 17.3 Å². The number of methoxy groups -OCH3 is 1. The van der Waals surface area contributed by atoms with Crippen molar-refractivity contribution in [2.45, 2.75) is 20.3 Å². The number of anilines is 2. The van der Waals surface area contributed by atoms with E-state index in [-0.39, 0.29) is 5.91 Å². The van der Waals surface area contributed by atoms with Gasteiger partial charge in [-0.3, -0.25) is 4.79 Å². The molecule has 1 aromatic carbocycles. The second kappa shape index (κ2) is 7.51. The van der Waals surface area contributed by atoms with Crippen molar-refractivity contribution in [3.63, 3.8) is 0 Å². The molecule has 0 radical (unpaired) electrons. The third-order valence-electron chi connectivity index (χ3n) is 2.55. The lowest BCUT2D eigenvalue weighted by Gasteiger charge is -2.10. The fourth-order valence-corrected chi connectivity index (χ4v) is 1.57. The number of amides is 1. The first kappa shape index (κ1) is 15.1. The maximum absolute atomic E-state index is 11.5. The number of hydrogen-bond donors (Lipinski definition) is 3. The lowest BCUT2D eigenvalue weighted by atomic mass is 10.2. The van der Waals surface area contributed by atoms with Crippen LogP contribution >= 0.6 is 0 Å². The number of rotatable bonds is 7. The van der Waals surface area contributed by atoms with Crippen molar-refractivity contribution in [2.75, 3.05) is 31.2 Å². The van der Waals surface area contributed by atoms with Crippen LogP contribution in [0.3, 0.4) is 0 Å². The quantitative estimate of drug-likeness (QED) is 0.658. The molecule has 106 valence electrons. The van der Waals surface area contributed by atoms with E-state index in [9.17, 15) is 4.79 Å². The molecule has 0 bridgehead atoms.